The Balaban J connectivity index is 2.20. The van der Waals surface area contributed by atoms with E-state index in [2.05, 4.69) is 21.2 Å². The number of anilines is 1. The van der Waals surface area contributed by atoms with Crippen molar-refractivity contribution < 1.29 is 14.6 Å². The third kappa shape index (κ3) is 4.07. The quantitative estimate of drug-likeness (QED) is 0.851. The molecule has 0 aliphatic heterocycles. The Hall–Kier alpha value is -1.34. The topological polar surface area (TPSA) is 80.6 Å². The molecule has 1 aromatic heterocycles. The monoisotopic (exact) mass is 358 g/mol. The number of hydrogen-bond donors (Lipinski definition) is 2. The number of carbonyl (C=O) groups is 1. The zero-order chi connectivity index (χ0) is 15.8. The molecule has 1 amide bonds. The van der Waals surface area contributed by atoms with Crippen molar-refractivity contribution in [1.82, 2.24) is 4.57 Å². The highest BCUT2D eigenvalue weighted by Gasteiger charge is 2.30. The summed E-state index contributed by atoms with van der Waals surface area (Å²) < 4.78 is 7.35. The van der Waals surface area contributed by atoms with E-state index in [0.29, 0.717) is 17.3 Å². The zero-order valence-corrected chi connectivity index (χ0v) is 13.8. The van der Waals surface area contributed by atoms with Crippen LogP contribution in [0.5, 0.6) is 0 Å². The Bertz CT molecular complexity index is 600. The first-order chi connectivity index (χ1) is 9.65. The fourth-order valence-electron chi connectivity index (χ4n) is 2.13. The summed E-state index contributed by atoms with van der Waals surface area (Å²) in [5.74, 6) is 0. The highest BCUT2D eigenvalue weighted by atomic mass is 79.9. The van der Waals surface area contributed by atoms with E-state index in [1.807, 2.05) is 0 Å². The zero-order valence-electron chi connectivity index (χ0n) is 12.2. The molecule has 1 saturated carbocycles. The predicted molar refractivity (Wildman–Crippen MR) is 82.5 cm³/mol. The first kappa shape index (κ1) is 16.0. The molecule has 0 bridgehead atoms. The van der Waals surface area contributed by atoms with Gasteiger partial charge in [0, 0.05) is 16.7 Å². The molecule has 116 valence electrons. The highest BCUT2D eigenvalue weighted by Crippen LogP contribution is 2.32. The van der Waals surface area contributed by atoms with Gasteiger partial charge in [-0.25, -0.2) is 4.79 Å². The van der Waals surface area contributed by atoms with Crippen LogP contribution in [0.4, 0.5) is 10.5 Å². The van der Waals surface area contributed by atoms with E-state index < -0.39 is 11.7 Å². The summed E-state index contributed by atoms with van der Waals surface area (Å²) in [4.78, 5) is 24.1. The first-order valence-electron chi connectivity index (χ1n) is 6.75. The van der Waals surface area contributed by atoms with Gasteiger partial charge in [0.15, 0.2) is 0 Å². The van der Waals surface area contributed by atoms with Crippen molar-refractivity contribution in [2.24, 2.45) is 0 Å². The number of aliphatic hydroxyl groups excluding tert-OH is 1. The lowest BCUT2D eigenvalue weighted by molar-refractivity contribution is 0.0469. The average Bonchev–Trinajstić information content (AvgIpc) is 2.27. The molecule has 0 atom stereocenters. The molecule has 6 nitrogen and oxygen atoms in total. The Kier molecular flexibility index (Phi) is 4.43. The lowest BCUT2D eigenvalue weighted by Gasteiger charge is -2.33. The SMILES string of the molecule is CC(C)(C)OC(=O)Nc1cc(Br)cn(C2CC(O)C2)c1=O. The number of nitrogens with one attached hydrogen (secondary N) is 1. The predicted octanol–water partition coefficient (Wildman–Crippen LogP) is 2.65. The molecular formula is C14H19BrN2O4. The van der Waals surface area contributed by atoms with Gasteiger partial charge >= 0.3 is 6.09 Å². The van der Waals surface area contributed by atoms with Gasteiger partial charge in [0.1, 0.15) is 11.3 Å². The van der Waals surface area contributed by atoms with Gasteiger partial charge in [-0.05, 0) is 55.6 Å². The van der Waals surface area contributed by atoms with E-state index in [1.54, 1.807) is 27.0 Å². The summed E-state index contributed by atoms with van der Waals surface area (Å²) in [7, 11) is 0. The summed E-state index contributed by atoms with van der Waals surface area (Å²) in [6.45, 7) is 5.25. The molecule has 2 rings (SSSR count). The Morgan fingerprint density at radius 3 is 2.62 bits per heavy atom. The third-order valence-corrected chi connectivity index (χ3v) is 3.56. The maximum Gasteiger partial charge on any atom is 0.412 e. The van der Waals surface area contributed by atoms with Crippen molar-refractivity contribution in [3.8, 4) is 0 Å². The van der Waals surface area contributed by atoms with Crippen LogP contribution < -0.4 is 10.9 Å². The highest BCUT2D eigenvalue weighted by molar-refractivity contribution is 9.10. The largest absolute Gasteiger partial charge is 0.444 e. The number of ether oxygens (including phenoxy) is 1. The second-order valence-electron chi connectivity index (χ2n) is 6.19. The number of aromatic nitrogens is 1. The number of halogens is 1. The maximum atomic E-state index is 12.4. The molecular weight excluding hydrogens is 340 g/mol. The minimum absolute atomic E-state index is 0.0378. The van der Waals surface area contributed by atoms with Gasteiger partial charge in [-0.2, -0.15) is 0 Å². The minimum atomic E-state index is -0.669. The summed E-state index contributed by atoms with van der Waals surface area (Å²) in [5.41, 5.74) is -0.784. The third-order valence-electron chi connectivity index (χ3n) is 3.13. The molecule has 0 spiro atoms. The van der Waals surface area contributed by atoms with Gasteiger partial charge in [-0.15, -0.1) is 0 Å². The normalized spacial score (nSPS) is 21.6. The van der Waals surface area contributed by atoms with Gasteiger partial charge in [0.2, 0.25) is 0 Å². The van der Waals surface area contributed by atoms with Crippen LogP contribution in [0.15, 0.2) is 21.5 Å². The summed E-state index contributed by atoms with van der Waals surface area (Å²) in [5, 5.41) is 11.8. The standard InChI is InChI=1S/C14H19BrN2O4/c1-14(2,3)21-13(20)16-11-4-8(15)7-17(12(11)19)9-5-10(18)6-9/h4,7,9-10,18H,5-6H2,1-3H3,(H,16,20). The molecule has 0 radical (unpaired) electrons. The van der Waals surface area contributed by atoms with E-state index in [0.717, 1.165) is 0 Å². The van der Waals surface area contributed by atoms with Gasteiger partial charge in [0.05, 0.1) is 6.10 Å². The van der Waals surface area contributed by atoms with Gasteiger partial charge < -0.3 is 14.4 Å². The molecule has 0 unspecified atom stereocenters. The molecule has 1 aliphatic rings. The molecule has 0 aromatic carbocycles. The van der Waals surface area contributed by atoms with E-state index in [9.17, 15) is 14.7 Å². The Morgan fingerprint density at radius 1 is 1.48 bits per heavy atom. The van der Waals surface area contributed by atoms with E-state index >= 15 is 0 Å². The van der Waals surface area contributed by atoms with Gasteiger partial charge in [-0.1, -0.05) is 0 Å². The summed E-state index contributed by atoms with van der Waals surface area (Å²) in [6.07, 6.45) is 1.73. The molecule has 2 N–H and O–H groups in total. The van der Waals surface area contributed by atoms with Crippen LogP contribution in [0, 0.1) is 0 Å². The molecule has 1 aliphatic carbocycles. The van der Waals surface area contributed by atoms with E-state index in [1.165, 1.54) is 10.6 Å². The van der Waals surface area contributed by atoms with Crippen LogP contribution in [0.1, 0.15) is 39.7 Å². The van der Waals surface area contributed by atoms with Crippen molar-refractivity contribution in [1.29, 1.82) is 0 Å². The van der Waals surface area contributed by atoms with Crippen LogP contribution in [0.25, 0.3) is 0 Å². The molecule has 0 saturated heterocycles. The van der Waals surface area contributed by atoms with Crippen LogP contribution in [0.2, 0.25) is 0 Å². The lowest BCUT2D eigenvalue weighted by atomic mass is 9.89. The van der Waals surface area contributed by atoms with E-state index in [4.69, 9.17) is 4.74 Å². The Morgan fingerprint density at radius 2 is 2.10 bits per heavy atom. The maximum absolute atomic E-state index is 12.4. The number of amides is 1. The smallest absolute Gasteiger partial charge is 0.412 e. The number of aliphatic hydroxyl groups is 1. The number of carbonyl (C=O) groups excluding carboxylic acids is 1. The van der Waals surface area contributed by atoms with Gasteiger partial charge in [0.25, 0.3) is 5.56 Å². The van der Waals surface area contributed by atoms with Crippen LogP contribution >= 0.6 is 15.9 Å². The van der Waals surface area contributed by atoms with Gasteiger partial charge in [-0.3, -0.25) is 10.1 Å². The fourth-order valence-corrected chi connectivity index (χ4v) is 2.58. The lowest BCUT2D eigenvalue weighted by Crippen LogP contribution is -2.38. The van der Waals surface area contributed by atoms with Crippen molar-refractivity contribution in [2.45, 2.75) is 51.4 Å². The van der Waals surface area contributed by atoms with Crippen LogP contribution in [0.3, 0.4) is 0 Å². The van der Waals surface area contributed by atoms with E-state index in [-0.39, 0.29) is 23.4 Å². The second-order valence-corrected chi connectivity index (χ2v) is 7.11. The Labute approximate surface area is 131 Å². The molecule has 21 heavy (non-hydrogen) atoms. The first-order valence-corrected chi connectivity index (χ1v) is 7.55. The van der Waals surface area contributed by atoms with Crippen molar-refractivity contribution in [2.75, 3.05) is 5.32 Å². The van der Waals surface area contributed by atoms with Crippen LogP contribution in [-0.2, 0) is 4.74 Å². The minimum Gasteiger partial charge on any atom is -0.444 e. The van der Waals surface area contributed by atoms with Crippen molar-refractivity contribution in [3.63, 3.8) is 0 Å². The molecule has 1 heterocycles. The number of pyridine rings is 1. The molecule has 1 fully saturated rings. The summed E-state index contributed by atoms with van der Waals surface area (Å²) in [6, 6.07) is 1.50. The van der Waals surface area contributed by atoms with Crippen molar-refractivity contribution >= 4 is 27.7 Å². The molecule has 1 aromatic rings. The number of hydrogen-bond acceptors (Lipinski definition) is 4. The van der Waals surface area contributed by atoms with Crippen LogP contribution in [-0.4, -0.2) is 27.5 Å². The average molecular weight is 359 g/mol. The summed E-state index contributed by atoms with van der Waals surface area (Å²) >= 11 is 3.32. The van der Waals surface area contributed by atoms with Crippen molar-refractivity contribution in [3.05, 3.63) is 27.1 Å². The number of nitrogens with zero attached hydrogens (tertiary/aromatic N) is 1. The second kappa shape index (κ2) is 5.81. The molecule has 7 heteroatoms. The fraction of sp³-hybridized carbons (Fsp3) is 0.571. The number of rotatable bonds is 2.